The molecule has 11 nitrogen and oxygen atoms in total. The lowest BCUT2D eigenvalue weighted by atomic mass is 9.85. The van der Waals surface area contributed by atoms with Gasteiger partial charge in [0, 0.05) is 38.1 Å². The average molecular weight is 628 g/mol. The molecule has 42 heavy (non-hydrogen) atoms. The summed E-state index contributed by atoms with van der Waals surface area (Å²) >= 11 is 12.5. The molecule has 1 aromatic carbocycles. The lowest BCUT2D eigenvalue weighted by Gasteiger charge is -2.32. The van der Waals surface area contributed by atoms with Crippen LogP contribution >= 0.6 is 23.2 Å². The van der Waals surface area contributed by atoms with Gasteiger partial charge >= 0.3 is 12.2 Å². The first-order chi connectivity index (χ1) is 19.9. The van der Waals surface area contributed by atoms with Gasteiger partial charge in [0.15, 0.2) is 5.65 Å². The van der Waals surface area contributed by atoms with E-state index < -0.39 is 11.7 Å². The summed E-state index contributed by atoms with van der Waals surface area (Å²) in [5.41, 5.74) is 5.56. The summed E-state index contributed by atoms with van der Waals surface area (Å²) in [6.07, 6.45) is 0.893. The molecule has 5 N–H and O–H groups in total. The number of nitrogens with zero attached hydrogens (tertiary/aromatic N) is 5. The van der Waals surface area contributed by atoms with Crippen LogP contribution < -0.4 is 21.7 Å². The number of nitrogens with one attached hydrogen (secondary N) is 3. The minimum atomic E-state index is -4.62. The van der Waals surface area contributed by atoms with Crippen molar-refractivity contribution >= 4 is 63.9 Å². The first-order valence-electron chi connectivity index (χ1n) is 13.5. The molecule has 5 rings (SSSR count). The summed E-state index contributed by atoms with van der Waals surface area (Å²) in [4.78, 5) is 39.4. The molecule has 1 aliphatic heterocycles. The highest BCUT2D eigenvalue weighted by Crippen LogP contribution is 2.42. The largest absolute Gasteiger partial charge is 0.416 e. The third kappa shape index (κ3) is 6.28. The Morgan fingerprint density at radius 3 is 2.38 bits per heavy atom. The molecule has 2 aromatic heterocycles. The number of benzene rings is 1. The van der Waals surface area contributed by atoms with Gasteiger partial charge in [-0.15, -0.1) is 0 Å². The van der Waals surface area contributed by atoms with Crippen LogP contribution in [-0.4, -0.2) is 62.5 Å². The van der Waals surface area contributed by atoms with Crippen LogP contribution in [0.2, 0.25) is 10.0 Å². The van der Waals surface area contributed by atoms with E-state index in [4.69, 9.17) is 33.9 Å². The number of fused-ring (bicyclic) bond motifs is 1. The Bertz CT molecular complexity index is 1470. The van der Waals surface area contributed by atoms with Gasteiger partial charge in [-0.2, -0.15) is 18.2 Å². The number of alkyl halides is 3. The van der Waals surface area contributed by atoms with Crippen LogP contribution in [0.5, 0.6) is 0 Å². The number of anilines is 3. The number of halogens is 5. The third-order valence-corrected chi connectivity index (χ3v) is 8.36. The number of nitrogens with two attached hydrogens (primary N) is 1. The highest BCUT2D eigenvalue weighted by Gasteiger charge is 2.33. The maximum absolute atomic E-state index is 13.3. The summed E-state index contributed by atoms with van der Waals surface area (Å²) in [5.74, 6) is 0.0201. The lowest BCUT2D eigenvalue weighted by Crippen LogP contribution is -2.48. The molecule has 1 saturated heterocycles. The molecule has 3 aromatic rings. The first-order valence-corrected chi connectivity index (χ1v) is 14.3. The number of amides is 3. The Hall–Kier alpha value is -3.52. The zero-order valence-corrected chi connectivity index (χ0v) is 24.2. The van der Waals surface area contributed by atoms with Crippen molar-refractivity contribution in [2.75, 3.05) is 30.8 Å². The van der Waals surface area contributed by atoms with Crippen LogP contribution in [0.4, 0.5) is 35.5 Å². The van der Waals surface area contributed by atoms with Crippen LogP contribution in [0.3, 0.4) is 0 Å². The predicted octanol–water partition coefficient (Wildman–Crippen LogP) is 5.33. The fourth-order valence-electron chi connectivity index (χ4n) is 5.60. The van der Waals surface area contributed by atoms with E-state index in [0.29, 0.717) is 55.9 Å². The Balaban J connectivity index is 1.49. The van der Waals surface area contributed by atoms with Crippen molar-refractivity contribution in [3.05, 3.63) is 33.9 Å². The van der Waals surface area contributed by atoms with E-state index in [1.807, 2.05) is 4.57 Å². The van der Waals surface area contributed by atoms with Gasteiger partial charge in [-0.3, -0.25) is 9.36 Å². The molecule has 0 bridgehead atoms. The van der Waals surface area contributed by atoms with E-state index in [-0.39, 0.29) is 51.6 Å². The van der Waals surface area contributed by atoms with Gasteiger partial charge in [0.1, 0.15) is 5.52 Å². The van der Waals surface area contributed by atoms with Gasteiger partial charge in [0.25, 0.3) is 0 Å². The van der Waals surface area contributed by atoms with Gasteiger partial charge in [-0.25, -0.2) is 14.8 Å². The molecule has 0 spiro atoms. The van der Waals surface area contributed by atoms with Crippen molar-refractivity contribution in [2.45, 2.75) is 56.8 Å². The second-order valence-corrected chi connectivity index (χ2v) is 11.4. The van der Waals surface area contributed by atoms with Crippen molar-refractivity contribution in [1.29, 1.82) is 0 Å². The lowest BCUT2D eigenvalue weighted by molar-refractivity contribution is -0.137. The number of hydrogen-bond donors (Lipinski definition) is 4. The molecule has 2 aliphatic rings. The zero-order valence-electron chi connectivity index (χ0n) is 22.6. The average Bonchev–Trinajstić information content (AvgIpc) is 3.31. The number of imidazole rings is 1. The van der Waals surface area contributed by atoms with E-state index in [0.717, 1.165) is 25.0 Å². The highest BCUT2D eigenvalue weighted by molar-refractivity contribution is 6.39. The first kappa shape index (κ1) is 30.0. The molecule has 2 fully saturated rings. The maximum Gasteiger partial charge on any atom is 0.416 e. The second kappa shape index (κ2) is 12.0. The monoisotopic (exact) mass is 627 g/mol. The molecular formula is C26H30Cl2F3N9O2. The molecule has 3 amide bonds. The normalized spacial score (nSPS) is 21.3. The molecule has 0 unspecified atom stereocenters. The molecule has 1 saturated carbocycles. The molecule has 0 radical (unpaired) electrons. The topological polar surface area (TPSA) is 143 Å². The number of carbonyl (C=O) groups is 2. The molecule has 1 aliphatic carbocycles. The fourth-order valence-corrected chi connectivity index (χ4v) is 6.18. The third-order valence-electron chi connectivity index (χ3n) is 7.76. The molecular weight excluding hydrogens is 598 g/mol. The summed E-state index contributed by atoms with van der Waals surface area (Å²) in [7, 11) is 1.59. The van der Waals surface area contributed by atoms with Crippen LogP contribution in [0.25, 0.3) is 11.2 Å². The zero-order chi connectivity index (χ0) is 30.2. The van der Waals surface area contributed by atoms with Crippen LogP contribution in [0.15, 0.2) is 18.3 Å². The minimum Gasteiger partial charge on any atom is -0.369 e. The van der Waals surface area contributed by atoms with E-state index in [2.05, 4.69) is 25.9 Å². The van der Waals surface area contributed by atoms with Crippen molar-refractivity contribution in [2.24, 2.45) is 11.7 Å². The Morgan fingerprint density at radius 1 is 1.07 bits per heavy atom. The Morgan fingerprint density at radius 2 is 1.76 bits per heavy atom. The second-order valence-electron chi connectivity index (χ2n) is 10.5. The predicted molar refractivity (Wildman–Crippen MR) is 153 cm³/mol. The van der Waals surface area contributed by atoms with Gasteiger partial charge in [0.05, 0.1) is 27.5 Å². The van der Waals surface area contributed by atoms with E-state index in [9.17, 15) is 22.8 Å². The SMILES string of the molecule is CNC(=O)N1CCC[C@@H](Nc2ncc3nc(Nc4c(Cl)cc(C(F)(F)F)cc4Cl)n([C@H]4CC[C@@H](C(N)=O)CC4)c3n2)C1. The Kier molecular flexibility index (Phi) is 8.56. The van der Waals surface area contributed by atoms with Gasteiger partial charge in [-0.1, -0.05) is 23.2 Å². The number of primary amides is 1. The van der Waals surface area contributed by atoms with Crippen LogP contribution in [0, 0.1) is 5.92 Å². The smallest absolute Gasteiger partial charge is 0.369 e. The number of hydrogen-bond acceptors (Lipinski definition) is 7. The van der Waals surface area contributed by atoms with Gasteiger partial charge in [0.2, 0.25) is 17.8 Å². The summed E-state index contributed by atoms with van der Waals surface area (Å²) < 4.78 is 41.7. The standard InChI is InChI=1S/C26H30Cl2F3N9O2/c1-33-25(42)39-8-2-3-15(12-39)35-23-34-11-19-22(38-23)40(16-6-4-13(5-7-16)21(32)41)24(36-19)37-20-17(27)9-14(10-18(20)28)26(29,30)31/h9-11,13,15-16H,2-8,12H2,1H3,(H2,32,41)(H,33,42)(H,36,37)(H,34,35,38)/t13-,15-,16+/m1/s1. The minimum absolute atomic E-state index is 0.0662. The molecule has 16 heteroatoms. The number of carbonyl (C=O) groups excluding carboxylic acids is 2. The van der Waals surface area contributed by atoms with Crippen LogP contribution in [-0.2, 0) is 11.0 Å². The van der Waals surface area contributed by atoms with Gasteiger partial charge < -0.3 is 26.6 Å². The number of urea groups is 1. The van der Waals surface area contributed by atoms with Crippen molar-refractivity contribution in [1.82, 2.24) is 29.7 Å². The molecule has 3 heterocycles. The fraction of sp³-hybridized carbons (Fsp3) is 0.500. The number of piperidine rings is 1. The number of aromatic nitrogens is 4. The van der Waals surface area contributed by atoms with E-state index >= 15 is 0 Å². The summed E-state index contributed by atoms with van der Waals surface area (Å²) in [6, 6.07) is 1.22. The number of rotatable bonds is 6. The molecule has 226 valence electrons. The van der Waals surface area contributed by atoms with Crippen LogP contribution in [0.1, 0.15) is 50.1 Å². The number of likely N-dealkylation sites (tertiary alicyclic amines) is 1. The van der Waals surface area contributed by atoms with E-state index in [1.165, 1.54) is 0 Å². The summed E-state index contributed by atoms with van der Waals surface area (Å²) in [5, 5.41) is 8.53. The molecule has 1 atom stereocenters. The maximum atomic E-state index is 13.3. The Labute approximate surface area is 249 Å². The van der Waals surface area contributed by atoms with Crippen molar-refractivity contribution in [3.63, 3.8) is 0 Å². The highest BCUT2D eigenvalue weighted by atomic mass is 35.5. The van der Waals surface area contributed by atoms with Gasteiger partial charge in [-0.05, 0) is 50.7 Å². The van der Waals surface area contributed by atoms with E-state index in [1.54, 1.807) is 18.1 Å². The quantitative estimate of drug-likeness (QED) is 0.289. The van der Waals surface area contributed by atoms with Crippen molar-refractivity contribution in [3.8, 4) is 0 Å². The van der Waals surface area contributed by atoms with Crippen molar-refractivity contribution < 1.29 is 22.8 Å². The summed E-state index contributed by atoms with van der Waals surface area (Å²) in [6.45, 7) is 1.14.